The van der Waals surface area contributed by atoms with Crippen molar-refractivity contribution < 1.29 is 23.0 Å². The smallest absolute Gasteiger partial charge is 0.410 e. The molecule has 0 radical (unpaired) electrons. The number of nitrogens with zero attached hydrogens (tertiary/aromatic N) is 2. The Morgan fingerprint density at radius 3 is 2.50 bits per heavy atom. The van der Waals surface area contributed by atoms with Crippen LogP contribution in [0.15, 0.2) is 18.2 Å². The highest BCUT2D eigenvalue weighted by Gasteiger charge is 2.25. The molecule has 3 rings (SSSR count). The van der Waals surface area contributed by atoms with Gasteiger partial charge in [0.05, 0.1) is 6.10 Å². The number of halogens is 2. The quantitative estimate of drug-likeness (QED) is 0.432. The number of benzene rings is 1. The molecular formula is C25H38F2N2O3. The van der Waals surface area contributed by atoms with Gasteiger partial charge in [-0.25, -0.2) is 13.6 Å². The maximum absolute atomic E-state index is 13.3. The fraction of sp³-hybridized carbons (Fsp3) is 0.720. The van der Waals surface area contributed by atoms with Gasteiger partial charge in [0.2, 0.25) is 0 Å². The summed E-state index contributed by atoms with van der Waals surface area (Å²) in [5, 5.41) is 0. The van der Waals surface area contributed by atoms with Crippen LogP contribution in [0, 0.1) is 17.6 Å². The van der Waals surface area contributed by atoms with Crippen LogP contribution in [0.2, 0.25) is 0 Å². The third kappa shape index (κ3) is 8.00. The molecule has 1 aliphatic carbocycles. The molecule has 1 heterocycles. The van der Waals surface area contributed by atoms with Crippen molar-refractivity contribution in [2.24, 2.45) is 5.92 Å². The molecule has 1 amide bonds. The van der Waals surface area contributed by atoms with Crippen LogP contribution >= 0.6 is 0 Å². The summed E-state index contributed by atoms with van der Waals surface area (Å²) < 4.78 is 37.7. The molecule has 1 aromatic carbocycles. The number of hydrogen-bond donors (Lipinski definition) is 0. The molecule has 180 valence electrons. The minimum atomic E-state index is -1.02. The monoisotopic (exact) mass is 452 g/mol. The molecule has 0 spiro atoms. The second-order valence-electron chi connectivity index (χ2n) is 9.11. The average molecular weight is 453 g/mol. The Balaban J connectivity index is 1.30. The first-order valence-corrected chi connectivity index (χ1v) is 12.3. The molecule has 2 aliphatic rings. The first kappa shape index (κ1) is 24.9. The lowest BCUT2D eigenvalue weighted by Crippen LogP contribution is -2.38. The molecule has 1 aliphatic heterocycles. The zero-order valence-corrected chi connectivity index (χ0v) is 19.4. The van der Waals surface area contributed by atoms with Crippen molar-refractivity contribution in [3.05, 3.63) is 29.8 Å². The fourth-order valence-electron chi connectivity index (χ4n) is 4.70. The summed E-state index contributed by atoms with van der Waals surface area (Å²) >= 11 is 0. The van der Waals surface area contributed by atoms with E-state index in [0.717, 1.165) is 50.8 Å². The van der Waals surface area contributed by atoms with Crippen molar-refractivity contribution in [2.75, 3.05) is 39.3 Å². The third-order valence-electron chi connectivity index (χ3n) is 6.68. The van der Waals surface area contributed by atoms with E-state index < -0.39 is 17.7 Å². The van der Waals surface area contributed by atoms with Crippen molar-refractivity contribution in [2.45, 2.75) is 70.8 Å². The summed E-state index contributed by atoms with van der Waals surface area (Å²) in [6, 6.07) is 3.12. The molecule has 0 atom stereocenters. The molecule has 0 aromatic heterocycles. The number of piperidine rings is 1. The number of ether oxygens (including phenoxy) is 2. The highest BCUT2D eigenvalue weighted by Crippen LogP contribution is 2.27. The number of carbonyl (C=O) groups is 1. The molecule has 7 heteroatoms. The molecule has 5 nitrogen and oxygen atoms in total. The molecule has 1 aromatic rings. The second kappa shape index (κ2) is 13.1. The number of likely N-dealkylation sites (tertiary alicyclic amines) is 1. The normalized spacial score (nSPS) is 22.0. The maximum atomic E-state index is 13.3. The van der Waals surface area contributed by atoms with Gasteiger partial charge < -0.3 is 19.3 Å². The van der Waals surface area contributed by atoms with Crippen molar-refractivity contribution in [1.29, 1.82) is 0 Å². The zero-order chi connectivity index (χ0) is 22.8. The highest BCUT2D eigenvalue weighted by molar-refractivity contribution is 5.70. The van der Waals surface area contributed by atoms with Crippen LogP contribution in [-0.2, 0) is 4.74 Å². The van der Waals surface area contributed by atoms with Crippen LogP contribution in [0.3, 0.4) is 0 Å². The van der Waals surface area contributed by atoms with Crippen LogP contribution in [0.4, 0.5) is 13.6 Å². The predicted octanol–water partition coefficient (Wildman–Crippen LogP) is 5.63. The van der Waals surface area contributed by atoms with Crippen LogP contribution in [-0.4, -0.2) is 61.3 Å². The summed E-state index contributed by atoms with van der Waals surface area (Å²) in [5.74, 6) is -1.56. The van der Waals surface area contributed by atoms with Crippen LogP contribution < -0.4 is 4.74 Å². The lowest BCUT2D eigenvalue weighted by Gasteiger charge is -2.32. The van der Waals surface area contributed by atoms with Gasteiger partial charge in [-0.15, -0.1) is 0 Å². The van der Waals surface area contributed by atoms with Gasteiger partial charge in [-0.3, -0.25) is 0 Å². The zero-order valence-electron chi connectivity index (χ0n) is 19.4. The lowest BCUT2D eigenvalue weighted by molar-refractivity contribution is 0.0122. The third-order valence-corrected chi connectivity index (χ3v) is 6.68. The van der Waals surface area contributed by atoms with E-state index in [2.05, 4.69) is 4.90 Å². The van der Waals surface area contributed by atoms with E-state index in [-0.39, 0.29) is 5.75 Å². The van der Waals surface area contributed by atoms with Gasteiger partial charge in [-0.2, -0.15) is 0 Å². The maximum Gasteiger partial charge on any atom is 0.415 e. The Labute approximate surface area is 191 Å². The van der Waals surface area contributed by atoms with E-state index in [0.29, 0.717) is 25.1 Å². The highest BCUT2D eigenvalue weighted by atomic mass is 19.2. The Bertz CT molecular complexity index is 704. The Kier molecular flexibility index (Phi) is 10.2. The van der Waals surface area contributed by atoms with Crippen LogP contribution in [0.1, 0.15) is 64.7 Å². The number of amides is 1. The van der Waals surface area contributed by atoms with E-state index in [1.165, 1.54) is 51.4 Å². The summed E-state index contributed by atoms with van der Waals surface area (Å²) in [6.07, 6.45) is 10.3. The standard InChI is InChI=1S/C25H38F2N2O3/c1-2-29(25(30)32-22-12-13-23(26)24(27)18-22)19-20-8-10-21(11-9-20)31-17-7-6-16-28-14-4-3-5-15-28/h12-13,18,20-21H,2-11,14-17,19H2,1H3. The number of unbranched alkanes of at least 4 members (excludes halogenated alkanes) is 1. The fourth-order valence-corrected chi connectivity index (χ4v) is 4.70. The number of hydrogen-bond acceptors (Lipinski definition) is 4. The first-order chi connectivity index (χ1) is 15.5. The van der Waals surface area contributed by atoms with Gasteiger partial charge in [0, 0.05) is 25.8 Å². The van der Waals surface area contributed by atoms with E-state index in [4.69, 9.17) is 9.47 Å². The summed E-state index contributed by atoms with van der Waals surface area (Å²) in [5.41, 5.74) is 0. The first-order valence-electron chi connectivity index (χ1n) is 12.3. The molecular weight excluding hydrogens is 414 g/mol. The van der Waals surface area contributed by atoms with Crippen LogP contribution in [0.25, 0.3) is 0 Å². The molecule has 1 saturated carbocycles. The molecule has 0 bridgehead atoms. The van der Waals surface area contributed by atoms with Gasteiger partial charge in [0.25, 0.3) is 0 Å². The Morgan fingerprint density at radius 1 is 1.06 bits per heavy atom. The summed E-state index contributed by atoms with van der Waals surface area (Å²) in [7, 11) is 0. The summed E-state index contributed by atoms with van der Waals surface area (Å²) in [4.78, 5) is 16.7. The van der Waals surface area contributed by atoms with Gasteiger partial charge in [0.1, 0.15) is 5.75 Å². The summed E-state index contributed by atoms with van der Waals surface area (Å²) in [6.45, 7) is 7.57. The van der Waals surface area contributed by atoms with E-state index in [9.17, 15) is 13.6 Å². The largest absolute Gasteiger partial charge is 0.415 e. The van der Waals surface area contributed by atoms with Crippen molar-refractivity contribution in [3.8, 4) is 5.75 Å². The molecule has 0 N–H and O–H groups in total. The molecule has 2 fully saturated rings. The van der Waals surface area contributed by atoms with Crippen molar-refractivity contribution >= 4 is 6.09 Å². The average Bonchev–Trinajstić information content (AvgIpc) is 2.81. The van der Waals surface area contributed by atoms with E-state index >= 15 is 0 Å². The van der Waals surface area contributed by atoms with Crippen molar-refractivity contribution in [1.82, 2.24) is 9.80 Å². The van der Waals surface area contributed by atoms with Gasteiger partial charge >= 0.3 is 6.09 Å². The van der Waals surface area contributed by atoms with Crippen molar-refractivity contribution in [3.63, 3.8) is 0 Å². The SMILES string of the molecule is CCN(CC1CCC(OCCCCN2CCCCC2)CC1)C(=O)Oc1ccc(F)c(F)c1. The van der Waals surface area contributed by atoms with E-state index in [1.54, 1.807) is 4.90 Å². The minimum Gasteiger partial charge on any atom is -0.410 e. The lowest BCUT2D eigenvalue weighted by atomic mass is 9.87. The second-order valence-corrected chi connectivity index (χ2v) is 9.11. The minimum absolute atomic E-state index is 0.0183. The molecule has 0 unspecified atom stereocenters. The van der Waals surface area contributed by atoms with Gasteiger partial charge in [-0.05, 0) is 96.0 Å². The van der Waals surface area contributed by atoms with Gasteiger partial charge in [0.15, 0.2) is 11.6 Å². The van der Waals surface area contributed by atoms with Crippen LogP contribution in [0.5, 0.6) is 5.75 Å². The molecule has 1 saturated heterocycles. The Hall–Kier alpha value is -1.73. The predicted molar refractivity (Wildman–Crippen MR) is 121 cm³/mol. The van der Waals surface area contributed by atoms with E-state index in [1.807, 2.05) is 6.92 Å². The topological polar surface area (TPSA) is 42.0 Å². The number of rotatable bonds is 10. The number of carbonyl (C=O) groups excluding carboxylic acids is 1. The Morgan fingerprint density at radius 2 is 1.81 bits per heavy atom. The molecule has 32 heavy (non-hydrogen) atoms. The van der Waals surface area contributed by atoms with Gasteiger partial charge in [-0.1, -0.05) is 6.42 Å².